The molecule has 0 aromatic heterocycles. The molecule has 1 heterocycles. The lowest BCUT2D eigenvalue weighted by Gasteiger charge is -2.21. The average Bonchev–Trinajstić information content (AvgIpc) is 2.82. The first kappa shape index (κ1) is 14.2. The highest BCUT2D eigenvalue weighted by atomic mass is 16.5. The fraction of sp³-hybridized carbons (Fsp3) is 0.429. The summed E-state index contributed by atoms with van der Waals surface area (Å²) in [4.78, 5) is 25.5. The summed E-state index contributed by atoms with van der Waals surface area (Å²) in [5, 5.41) is 0. The van der Waals surface area contributed by atoms with Crippen molar-refractivity contribution >= 4 is 17.5 Å². The van der Waals surface area contributed by atoms with Crippen molar-refractivity contribution in [2.24, 2.45) is 11.1 Å². The van der Waals surface area contributed by atoms with Crippen LogP contribution in [0.2, 0.25) is 0 Å². The number of amides is 2. The highest BCUT2D eigenvalue weighted by Gasteiger charge is 2.41. The zero-order valence-electron chi connectivity index (χ0n) is 11.7. The van der Waals surface area contributed by atoms with Crippen LogP contribution in [0.3, 0.4) is 0 Å². The summed E-state index contributed by atoms with van der Waals surface area (Å²) in [6, 6.07) is 5.06. The lowest BCUT2D eigenvalue weighted by molar-refractivity contribution is -0.126. The van der Waals surface area contributed by atoms with Crippen LogP contribution in [0.15, 0.2) is 18.2 Å². The van der Waals surface area contributed by atoms with Crippen LogP contribution in [0, 0.1) is 5.41 Å². The third-order valence-electron chi connectivity index (χ3n) is 3.87. The van der Waals surface area contributed by atoms with Crippen molar-refractivity contribution < 1.29 is 14.3 Å². The number of nitrogens with zero attached hydrogens (tertiary/aromatic N) is 1. The molecule has 1 atom stereocenters. The fourth-order valence-electron chi connectivity index (χ4n) is 2.41. The number of ether oxygens (including phenoxy) is 1. The van der Waals surface area contributed by atoms with Gasteiger partial charge in [0.2, 0.25) is 5.91 Å². The Morgan fingerprint density at radius 3 is 2.65 bits per heavy atom. The van der Waals surface area contributed by atoms with E-state index in [9.17, 15) is 9.59 Å². The van der Waals surface area contributed by atoms with E-state index in [0.29, 0.717) is 36.5 Å². The Hall–Kier alpha value is -2.24. The summed E-state index contributed by atoms with van der Waals surface area (Å²) in [6.45, 7) is 2.59. The molecule has 4 N–H and O–H groups in total. The lowest BCUT2D eigenvalue weighted by atomic mass is 9.89. The molecule has 0 spiro atoms. The number of benzene rings is 1. The first-order chi connectivity index (χ1) is 9.39. The number of para-hydroxylation sites is 1. The number of primary amides is 1. The number of anilines is 1. The van der Waals surface area contributed by atoms with Crippen LogP contribution in [-0.4, -0.2) is 36.9 Å². The molecule has 20 heavy (non-hydrogen) atoms. The predicted octanol–water partition coefficient (Wildman–Crippen LogP) is 0.615. The van der Waals surface area contributed by atoms with Crippen LogP contribution < -0.4 is 16.2 Å². The lowest BCUT2D eigenvalue weighted by Crippen LogP contribution is -2.38. The Morgan fingerprint density at radius 2 is 2.10 bits per heavy atom. The monoisotopic (exact) mass is 277 g/mol. The molecule has 2 rings (SSSR count). The second-order valence-corrected chi connectivity index (χ2v) is 5.32. The molecule has 1 fully saturated rings. The highest BCUT2D eigenvalue weighted by molar-refractivity contribution is 6.01. The highest BCUT2D eigenvalue weighted by Crippen LogP contribution is 2.32. The second-order valence-electron chi connectivity index (χ2n) is 5.32. The van der Waals surface area contributed by atoms with Gasteiger partial charge in [-0.05, 0) is 25.5 Å². The molecule has 1 aliphatic heterocycles. The normalized spacial score (nSPS) is 21.8. The van der Waals surface area contributed by atoms with E-state index in [-0.39, 0.29) is 11.8 Å². The predicted molar refractivity (Wildman–Crippen MR) is 75.2 cm³/mol. The smallest absolute Gasteiger partial charge is 0.256 e. The molecule has 1 aromatic carbocycles. The molecule has 1 aromatic rings. The van der Waals surface area contributed by atoms with E-state index in [0.717, 1.165) is 0 Å². The number of carbonyl (C=O) groups is 2. The van der Waals surface area contributed by atoms with Crippen LogP contribution in [0.25, 0.3) is 0 Å². The average molecular weight is 277 g/mol. The van der Waals surface area contributed by atoms with Crippen molar-refractivity contribution in [2.75, 3.05) is 25.9 Å². The number of hydrogen-bond acceptors (Lipinski definition) is 4. The van der Waals surface area contributed by atoms with Gasteiger partial charge in [-0.2, -0.15) is 0 Å². The number of nitrogens with two attached hydrogens (primary N) is 2. The fourth-order valence-corrected chi connectivity index (χ4v) is 2.41. The van der Waals surface area contributed by atoms with E-state index >= 15 is 0 Å². The van der Waals surface area contributed by atoms with Gasteiger partial charge in [0.1, 0.15) is 5.75 Å². The maximum Gasteiger partial charge on any atom is 0.256 e. The molecule has 0 saturated carbocycles. The van der Waals surface area contributed by atoms with E-state index in [1.807, 2.05) is 0 Å². The SMILES string of the molecule is COc1cccc(C(=O)N2CCC(C)(C(N)=O)C2)c1N. The van der Waals surface area contributed by atoms with Gasteiger partial charge in [-0.15, -0.1) is 0 Å². The minimum atomic E-state index is -0.663. The maximum atomic E-state index is 12.5. The quantitative estimate of drug-likeness (QED) is 0.791. The Bertz CT molecular complexity index is 559. The molecule has 1 saturated heterocycles. The van der Waals surface area contributed by atoms with Crippen molar-refractivity contribution in [1.29, 1.82) is 0 Å². The molecule has 108 valence electrons. The Balaban J connectivity index is 2.24. The van der Waals surface area contributed by atoms with E-state index in [1.165, 1.54) is 7.11 Å². The molecule has 1 unspecified atom stereocenters. The number of nitrogen functional groups attached to an aromatic ring is 1. The van der Waals surface area contributed by atoms with Crippen molar-refractivity contribution in [2.45, 2.75) is 13.3 Å². The zero-order valence-corrected chi connectivity index (χ0v) is 11.7. The van der Waals surface area contributed by atoms with Gasteiger partial charge in [-0.25, -0.2) is 0 Å². The molecule has 1 aliphatic rings. The number of carbonyl (C=O) groups excluding carboxylic acids is 2. The Morgan fingerprint density at radius 1 is 1.40 bits per heavy atom. The van der Waals surface area contributed by atoms with Gasteiger partial charge in [0.25, 0.3) is 5.91 Å². The summed E-state index contributed by atoms with van der Waals surface area (Å²) >= 11 is 0. The number of likely N-dealkylation sites (tertiary alicyclic amines) is 1. The van der Waals surface area contributed by atoms with E-state index in [1.54, 1.807) is 30.0 Å². The molecule has 0 radical (unpaired) electrons. The summed E-state index contributed by atoms with van der Waals surface area (Å²) in [6.07, 6.45) is 0.567. The second kappa shape index (κ2) is 5.03. The molecular formula is C14H19N3O3. The summed E-state index contributed by atoms with van der Waals surface area (Å²) in [7, 11) is 1.50. The molecule has 0 aliphatic carbocycles. The summed E-state index contributed by atoms with van der Waals surface area (Å²) in [5.74, 6) is -0.120. The third kappa shape index (κ3) is 2.29. The van der Waals surface area contributed by atoms with Gasteiger partial charge in [0.15, 0.2) is 0 Å². The van der Waals surface area contributed by atoms with Crippen molar-refractivity contribution in [1.82, 2.24) is 4.90 Å². The van der Waals surface area contributed by atoms with Crippen molar-refractivity contribution in [3.05, 3.63) is 23.8 Å². The Kier molecular flexibility index (Phi) is 3.57. The third-order valence-corrected chi connectivity index (χ3v) is 3.87. The molecule has 6 heteroatoms. The maximum absolute atomic E-state index is 12.5. The van der Waals surface area contributed by atoms with E-state index < -0.39 is 5.41 Å². The molecule has 2 amide bonds. The first-order valence-electron chi connectivity index (χ1n) is 6.41. The van der Waals surface area contributed by atoms with Gasteiger partial charge in [-0.3, -0.25) is 9.59 Å². The molecule has 0 bridgehead atoms. The van der Waals surface area contributed by atoms with E-state index in [2.05, 4.69) is 0 Å². The van der Waals surface area contributed by atoms with Crippen LogP contribution in [0.4, 0.5) is 5.69 Å². The van der Waals surface area contributed by atoms with Gasteiger partial charge in [0.05, 0.1) is 23.8 Å². The van der Waals surface area contributed by atoms with Crippen molar-refractivity contribution in [3.8, 4) is 5.75 Å². The minimum Gasteiger partial charge on any atom is -0.495 e. The van der Waals surface area contributed by atoms with Crippen LogP contribution in [-0.2, 0) is 4.79 Å². The largest absolute Gasteiger partial charge is 0.495 e. The first-order valence-corrected chi connectivity index (χ1v) is 6.41. The van der Waals surface area contributed by atoms with Gasteiger partial charge in [-0.1, -0.05) is 6.07 Å². The van der Waals surface area contributed by atoms with Crippen LogP contribution in [0.1, 0.15) is 23.7 Å². The summed E-state index contributed by atoms with van der Waals surface area (Å²) < 4.78 is 5.11. The number of rotatable bonds is 3. The van der Waals surface area contributed by atoms with Gasteiger partial charge < -0.3 is 21.1 Å². The van der Waals surface area contributed by atoms with Gasteiger partial charge in [0, 0.05) is 13.1 Å². The molecule has 6 nitrogen and oxygen atoms in total. The van der Waals surface area contributed by atoms with Crippen LogP contribution >= 0.6 is 0 Å². The number of methoxy groups -OCH3 is 1. The Labute approximate surface area is 117 Å². The zero-order chi connectivity index (χ0) is 14.9. The van der Waals surface area contributed by atoms with E-state index in [4.69, 9.17) is 16.2 Å². The van der Waals surface area contributed by atoms with Crippen molar-refractivity contribution in [3.63, 3.8) is 0 Å². The minimum absolute atomic E-state index is 0.202. The van der Waals surface area contributed by atoms with Gasteiger partial charge >= 0.3 is 0 Å². The number of hydrogen-bond donors (Lipinski definition) is 2. The molecular weight excluding hydrogens is 258 g/mol. The standard InChI is InChI=1S/C14H19N3O3/c1-14(13(16)19)6-7-17(8-14)12(18)9-4-3-5-10(20-2)11(9)15/h3-5H,6-8,15H2,1-2H3,(H2,16,19). The topological polar surface area (TPSA) is 98.6 Å². The summed E-state index contributed by atoms with van der Waals surface area (Å²) in [5.41, 5.74) is 11.3. The van der Waals surface area contributed by atoms with Crippen LogP contribution in [0.5, 0.6) is 5.75 Å².